The number of rotatable bonds is 4. The molecule has 0 aliphatic rings. The summed E-state index contributed by atoms with van der Waals surface area (Å²) in [6.07, 6.45) is 1.59. The zero-order valence-corrected chi connectivity index (χ0v) is 8.92. The normalized spacial score (nSPS) is 12.9. The molecule has 1 N–H and O–H groups in total. The van der Waals surface area contributed by atoms with Crippen LogP contribution in [0, 0.1) is 17.7 Å². The van der Waals surface area contributed by atoms with Crippen molar-refractivity contribution in [2.75, 3.05) is 11.9 Å². The monoisotopic (exact) mass is 196 g/mol. The summed E-state index contributed by atoms with van der Waals surface area (Å²) < 4.78 is 13.1. The highest BCUT2D eigenvalue weighted by Gasteiger charge is 2.08. The molecule has 0 aliphatic carbocycles. The van der Waals surface area contributed by atoms with Gasteiger partial charge in [-0.05, 0) is 24.0 Å². The third-order valence-corrected chi connectivity index (χ3v) is 2.49. The van der Waals surface area contributed by atoms with E-state index in [-0.39, 0.29) is 5.82 Å². The Morgan fingerprint density at radius 2 is 2.14 bits per heavy atom. The lowest BCUT2D eigenvalue weighted by molar-refractivity contribution is 0.438. The Bertz CT molecular complexity index is 286. The molecule has 3 heteroatoms. The van der Waals surface area contributed by atoms with Gasteiger partial charge >= 0.3 is 0 Å². The van der Waals surface area contributed by atoms with Gasteiger partial charge in [0.25, 0.3) is 0 Å². The highest BCUT2D eigenvalue weighted by atomic mass is 19.1. The van der Waals surface area contributed by atoms with E-state index in [2.05, 4.69) is 31.1 Å². The van der Waals surface area contributed by atoms with E-state index >= 15 is 0 Å². The molecule has 0 fully saturated rings. The standard InChI is InChI=1S/C11H17FN2/c1-8(2)9(3)7-14-11-10(12)5-4-6-13-11/h4-6,8-9H,7H2,1-3H3,(H,13,14). The lowest BCUT2D eigenvalue weighted by atomic mass is 9.98. The second-order valence-electron chi connectivity index (χ2n) is 3.94. The molecule has 1 atom stereocenters. The van der Waals surface area contributed by atoms with Crippen molar-refractivity contribution in [2.45, 2.75) is 20.8 Å². The zero-order valence-electron chi connectivity index (χ0n) is 8.92. The van der Waals surface area contributed by atoms with E-state index in [0.717, 1.165) is 6.54 Å². The number of halogens is 1. The van der Waals surface area contributed by atoms with Crippen LogP contribution in [0.4, 0.5) is 10.2 Å². The number of anilines is 1. The van der Waals surface area contributed by atoms with Crippen molar-refractivity contribution in [1.82, 2.24) is 4.98 Å². The lowest BCUT2D eigenvalue weighted by Gasteiger charge is -2.16. The number of nitrogens with one attached hydrogen (secondary N) is 1. The zero-order chi connectivity index (χ0) is 10.6. The predicted molar refractivity (Wildman–Crippen MR) is 56.7 cm³/mol. The molecule has 0 amide bonds. The minimum absolute atomic E-state index is 0.288. The van der Waals surface area contributed by atoms with Gasteiger partial charge in [0.1, 0.15) is 0 Å². The van der Waals surface area contributed by atoms with Crippen LogP contribution in [0.3, 0.4) is 0 Å². The maximum absolute atomic E-state index is 13.1. The average molecular weight is 196 g/mol. The summed E-state index contributed by atoms with van der Waals surface area (Å²) in [6, 6.07) is 3.00. The number of pyridine rings is 1. The van der Waals surface area contributed by atoms with Gasteiger partial charge in [-0.2, -0.15) is 0 Å². The van der Waals surface area contributed by atoms with E-state index in [1.54, 1.807) is 12.3 Å². The van der Waals surface area contributed by atoms with Gasteiger partial charge in [-0.1, -0.05) is 20.8 Å². The van der Waals surface area contributed by atoms with Gasteiger partial charge < -0.3 is 5.32 Å². The van der Waals surface area contributed by atoms with E-state index in [1.807, 2.05) is 0 Å². The summed E-state index contributed by atoms with van der Waals surface area (Å²) in [5, 5.41) is 3.01. The van der Waals surface area contributed by atoms with Crippen molar-refractivity contribution in [3.63, 3.8) is 0 Å². The minimum atomic E-state index is -0.288. The molecule has 0 saturated heterocycles. The molecule has 1 heterocycles. The molecule has 1 unspecified atom stereocenters. The van der Waals surface area contributed by atoms with Crippen LogP contribution in [0.5, 0.6) is 0 Å². The van der Waals surface area contributed by atoms with Crippen molar-refractivity contribution in [3.8, 4) is 0 Å². The fourth-order valence-corrected chi connectivity index (χ4v) is 1.01. The summed E-state index contributed by atoms with van der Waals surface area (Å²) >= 11 is 0. The van der Waals surface area contributed by atoms with Crippen molar-refractivity contribution < 1.29 is 4.39 Å². The molecule has 78 valence electrons. The van der Waals surface area contributed by atoms with E-state index in [1.165, 1.54) is 6.07 Å². The lowest BCUT2D eigenvalue weighted by Crippen LogP contribution is -2.17. The van der Waals surface area contributed by atoms with E-state index in [0.29, 0.717) is 17.7 Å². The summed E-state index contributed by atoms with van der Waals surface area (Å²) in [6.45, 7) is 7.20. The van der Waals surface area contributed by atoms with E-state index in [9.17, 15) is 4.39 Å². The summed E-state index contributed by atoms with van der Waals surface area (Å²) in [4.78, 5) is 3.92. The summed E-state index contributed by atoms with van der Waals surface area (Å²) in [7, 11) is 0. The molecule has 14 heavy (non-hydrogen) atoms. The molecular weight excluding hydrogens is 179 g/mol. The average Bonchev–Trinajstić information content (AvgIpc) is 2.16. The molecule has 0 bridgehead atoms. The van der Waals surface area contributed by atoms with Gasteiger partial charge in [0.2, 0.25) is 0 Å². The predicted octanol–water partition coefficient (Wildman–Crippen LogP) is 2.92. The van der Waals surface area contributed by atoms with Crippen LogP contribution in [0.25, 0.3) is 0 Å². The van der Waals surface area contributed by atoms with Crippen molar-refractivity contribution >= 4 is 5.82 Å². The summed E-state index contributed by atoms with van der Waals surface area (Å²) in [5.74, 6) is 1.16. The second-order valence-corrected chi connectivity index (χ2v) is 3.94. The smallest absolute Gasteiger partial charge is 0.165 e. The largest absolute Gasteiger partial charge is 0.367 e. The number of nitrogens with zero attached hydrogens (tertiary/aromatic N) is 1. The van der Waals surface area contributed by atoms with Crippen LogP contribution >= 0.6 is 0 Å². The van der Waals surface area contributed by atoms with Crippen LogP contribution in [0.2, 0.25) is 0 Å². The first-order valence-electron chi connectivity index (χ1n) is 4.95. The van der Waals surface area contributed by atoms with Crippen LogP contribution < -0.4 is 5.32 Å². The van der Waals surface area contributed by atoms with Crippen molar-refractivity contribution in [2.24, 2.45) is 11.8 Å². The SMILES string of the molecule is CC(C)C(C)CNc1ncccc1F. The molecule has 0 aromatic carbocycles. The van der Waals surface area contributed by atoms with E-state index < -0.39 is 0 Å². The molecule has 0 radical (unpaired) electrons. The highest BCUT2D eigenvalue weighted by molar-refractivity contribution is 5.35. The molecule has 0 saturated carbocycles. The molecule has 1 aromatic heterocycles. The molecule has 2 nitrogen and oxygen atoms in total. The van der Waals surface area contributed by atoms with Crippen molar-refractivity contribution in [3.05, 3.63) is 24.1 Å². The van der Waals surface area contributed by atoms with Crippen LogP contribution in [-0.2, 0) is 0 Å². The van der Waals surface area contributed by atoms with Gasteiger partial charge in [-0.15, -0.1) is 0 Å². The fourth-order valence-electron chi connectivity index (χ4n) is 1.01. The van der Waals surface area contributed by atoms with Crippen LogP contribution in [-0.4, -0.2) is 11.5 Å². The molecular formula is C11H17FN2. The number of aromatic nitrogens is 1. The van der Waals surface area contributed by atoms with Gasteiger partial charge in [0, 0.05) is 12.7 Å². The Balaban J connectivity index is 2.50. The third-order valence-electron chi connectivity index (χ3n) is 2.49. The second kappa shape index (κ2) is 4.94. The van der Waals surface area contributed by atoms with Gasteiger partial charge in [-0.3, -0.25) is 0 Å². The molecule has 1 aromatic rings. The van der Waals surface area contributed by atoms with E-state index in [4.69, 9.17) is 0 Å². The first-order chi connectivity index (χ1) is 6.61. The topological polar surface area (TPSA) is 24.9 Å². The fraction of sp³-hybridized carbons (Fsp3) is 0.545. The maximum Gasteiger partial charge on any atom is 0.165 e. The first-order valence-corrected chi connectivity index (χ1v) is 4.95. The summed E-state index contributed by atoms with van der Waals surface area (Å²) in [5.41, 5.74) is 0. The molecule has 1 rings (SSSR count). The third kappa shape index (κ3) is 2.98. The number of hydrogen-bond donors (Lipinski definition) is 1. The molecule has 0 spiro atoms. The van der Waals surface area contributed by atoms with Gasteiger partial charge in [0.15, 0.2) is 11.6 Å². The van der Waals surface area contributed by atoms with Crippen LogP contribution in [0.15, 0.2) is 18.3 Å². The Hall–Kier alpha value is -1.12. The van der Waals surface area contributed by atoms with Gasteiger partial charge in [0.05, 0.1) is 0 Å². The van der Waals surface area contributed by atoms with Crippen molar-refractivity contribution in [1.29, 1.82) is 0 Å². The number of hydrogen-bond acceptors (Lipinski definition) is 2. The Morgan fingerprint density at radius 1 is 1.43 bits per heavy atom. The highest BCUT2D eigenvalue weighted by Crippen LogP contribution is 2.13. The quantitative estimate of drug-likeness (QED) is 0.800. The first kappa shape index (κ1) is 11.0. The van der Waals surface area contributed by atoms with Crippen LogP contribution in [0.1, 0.15) is 20.8 Å². The Morgan fingerprint density at radius 3 is 2.71 bits per heavy atom. The van der Waals surface area contributed by atoms with Gasteiger partial charge in [-0.25, -0.2) is 9.37 Å². The minimum Gasteiger partial charge on any atom is -0.367 e. The Labute approximate surface area is 84.6 Å². The molecule has 0 aliphatic heterocycles. The maximum atomic E-state index is 13.1. The Kier molecular flexibility index (Phi) is 3.86.